The molecule has 0 bridgehead atoms. The van der Waals surface area contributed by atoms with Gasteiger partial charge >= 0.3 is 0 Å². The Morgan fingerprint density at radius 2 is 2.70 bits per heavy atom. The molecule has 0 aliphatic carbocycles. The summed E-state index contributed by atoms with van der Waals surface area (Å²) in [6.45, 7) is 1.98. The van der Waals surface area contributed by atoms with Crippen LogP contribution in [0.2, 0.25) is 0 Å². The average molecular weight is 175 g/mol. The van der Waals surface area contributed by atoms with Crippen LogP contribution < -0.4 is 5.73 Å². The standard InChI is InChI=1S/C5H9N3S2/c1-4(6)2-9-5-8-7-3-10-5/h3-4H,2,6H2,1H3. The lowest BCUT2D eigenvalue weighted by Crippen LogP contribution is -2.17. The number of hydrogen-bond acceptors (Lipinski definition) is 5. The Balaban J connectivity index is 2.28. The first-order chi connectivity index (χ1) is 4.79. The second kappa shape index (κ2) is 3.90. The monoisotopic (exact) mass is 175 g/mol. The lowest BCUT2D eigenvalue weighted by molar-refractivity contribution is 0.846. The molecule has 0 aliphatic rings. The normalized spacial score (nSPS) is 13.4. The van der Waals surface area contributed by atoms with Crippen LogP contribution >= 0.6 is 23.1 Å². The Bertz CT molecular complexity index is 173. The maximum absolute atomic E-state index is 5.54. The molecule has 0 spiro atoms. The van der Waals surface area contributed by atoms with Gasteiger partial charge in [-0.25, -0.2) is 0 Å². The predicted octanol–water partition coefficient (Wildman–Crippen LogP) is 0.977. The van der Waals surface area contributed by atoms with Gasteiger partial charge in [0, 0.05) is 11.8 Å². The van der Waals surface area contributed by atoms with Crippen LogP contribution in [0.1, 0.15) is 6.92 Å². The fourth-order valence-electron chi connectivity index (χ4n) is 0.429. The van der Waals surface area contributed by atoms with Gasteiger partial charge < -0.3 is 5.73 Å². The molecule has 0 aromatic carbocycles. The van der Waals surface area contributed by atoms with Gasteiger partial charge in [0.1, 0.15) is 5.51 Å². The molecule has 0 amide bonds. The van der Waals surface area contributed by atoms with Crippen LogP contribution in [-0.2, 0) is 0 Å². The molecule has 1 heterocycles. The molecule has 1 unspecified atom stereocenters. The number of nitrogens with zero attached hydrogens (tertiary/aromatic N) is 2. The second-order valence-corrected chi connectivity index (χ2v) is 4.09. The third-order valence-electron chi connectivity index (χ3n) is 0.810. The SMILES string of the molecule is CC(N)CSc1nncs1. The van der Waals surface area contributed by atoms with E-state index in [9.17, 15) is 0 Å². The van der Waals surface area contributed by atoms with E-state index in [1.807, 2.05) is 6.92 Å². The van der Waals surface area contributed by atoms with E-state index in [1.54, 1.807) is 28.6 Å². The third-order valence-corrected chi connectivity index (χ3v) is 2.96. The molecule has 0 aliphatic heterocycles. The summed E-state index contributed by atoms with van der Waals surface area (Å²) >= 11 is 3.21. The zero-order valence-corrected chi connectivity index (χ0v) is 7.28. The van der Waals surface area contributed by atoms with Crippen molar-refractivity contribution < 1.29 is 0 Å². The van der Waals surface area contributed by atoms with Crippen LogP contribution in [0.5, 0.6) is 0 Å². The van der Waals surface area contributed by atoms with Crippen molar-refractivity contribution in [3.63, 3.8) is 0 Å². The molecule has 0 saturated heterocycles. The van der Waals surface area contributed by atoms with Crippen LogP contribution in [-0.4, -0.2) is 22.0 Å². The highest BCUT2D eigenvalue weighted by Crippen LogP contribution is 2.18. The van der Waals surface area contributed by atoms with Crippen molar-refractivity contribution >= 4 is 23.1 Å². The lowest BCUT2D eigenvalue weighted by atomic mass is 10.4. The fraction of sp³-hybridized carbons (Fsp3) is 0.600. The molecule has 5 heteroatoms. The Hall–Kier alpha value is -0.130. The van der Waals surface area contributed by atoms with E-state index >= 15 is 0 Å². The quantitative estimate of drug-likeness (QED) is 0.696. The fourth-order valence-corrected chi connectivity index (χ4v) is 1.82. The van der Waals surface area contributed by atoms with Crippen LogP contribution in [0.3, 0.4) is 0 Å². The second-order valence-electron chi connectivity index (χ2n) is 1.99. The van der Waals surface area contributed by atoms with Gasteiger partial charge in [-0.2, -0.15) is 0 Å². The molecule has 1 aromatic heterocycles. The van der Waals surface area contributed by atoms with Gasteiger partial charge in [-0.15, -0.1) is 10.2 Å². The van der Waals surface area contributed by atoms with E-state index in [2.05, 4.69) is 10.2 Å². The minimum atomic E-state index is 0.230. The average Bonchev–Trinajstić information content (AvgIpc) is 2.34. The summed E-state index contributed by atoms with van der Waals surface area (Å²) in [4.78, 5) is 0. The van der Waals surface area contributed by atoms with Gasteiger partial charge in [0.25, 0.3) is 0 Å². The summed E-state index contributed by atoms with van der Waals surface area (Å²) in [6.07, 6.45) is 0. The molecule has 3 nitrogen and oxygen atoms in total. The first kappa shape index (κ1) is 7.97. The third kappa shape index (κ3) is 2.64. The van der Waals surface area contributed by atoms with Crippen molar-refractivity contribution in [2.75, 3.05) is 5.75 Å². The number of nitrogens with two attached hydrogens (primary N) is 1. The molecule has 56 valence electrons. The van der Waals surface area contributed by atoms with E-state index in [4.69, 9.17) is 5.73 Å². The molecule has 10 heavy (non-hydrogen) atoms. The first-order valence-corrected chi connectivity index (χ1v) is 4.80. The molecular formula is C5H9N3S2. The van der Waals surface area contributed by atoms with Crippen LogP contribution in [0.25, 0.3) is 0 Å². The zero-order chi connectivity index (χ0) is 7.40. The maximum Gasteiger partial charge on any atom is 0.174 e. The van der Waals surface area contributed by atoms with E-state index in [-0.39, 0.29) is 6.04 Å². The van der Waals surface area contributed by atoms with E-state index in [1.165, 1.54) is 0 Å². The van der Waals surface area contributed by atoms with Gasteiger partial charge in [0.2, 0.25) is 0 Å². The topological polar surface area (TPSA) is 51.8 Å². The Labute approximate surface area is 68.0 Å². The molecular weight excluding hydrogens is 166 g/mol. The first-order valence-electron chi connectivity index (χ1n) is 2.93. The number of aromatic nitrogens is 2. The van der Waals surface area contributed by atoms with Crippen LogP contribution in [0, 0.1) is 0 Å². The number of thioether (sulfide) groups is 1. The van der Waals surface area contributed by atoms with Crippen LogP contribution in [0.4, 0.5) is 0 Å². The molecule has 0 radical (unpaired) electrons. The van der Waals surface area contributed by atoms with Crippen molar-refractivity contribution in [3.8, 4) is 0 Å². The minimum absolute atomic E-state index is 0.230. The summed E-state index contributed by atoms with van der Waals surface area (Å²) in [5, 5.41) is 7.57. The predicted molar refractivity (Wildman–Crippen MR) is 44.3 cm³/mol. The Morgan fingerprint density at radius 3 is 3.20 bits per heavy atom. The summed E-state index contributed by atoms with van der Waals surface area (Å²) < 4.78 is 0.998. The summed E-state index contributed by atoms with van der Waals surface area (Å²) in [7, 11) is 0. The number of hydrogen-bond donors (Lipinski definition) is 1. The largest absolute Gasteiger partial charge is 0.327 e. The smallest absolute Gasteiger partial charge is 0.174 e. The minimum Gasteiger partial charge on any atom is -0.327 e. The highest BCUT2D eigenvalue weighted by Gasteiger charge is 1.98. The van der Waals surface area contributed by atoms with Crippen molar-refractivity contribution in [2.45, 2.75) is 17.3 Å². The van der Waals surface area contributed by atoms with Crippen molar-refractivity contribution in [2.24, 2.45) is 5.73 Å². The van der Waals surface area contributed by atoms with Gasteiger partial charge in [-0.05, 0) is 6.92 Å². The summed E-state index contributed by atoms with van der Waals surface area (Å²) in [5.74, 6) is 0.912. The molecule has 1 aromatic rings. The molecule has 1 atom stereocenters. The van der Waals surface area contributed by atoms with Crippen LogP contribution in [0.15, 0.2) is 9.85 Å². The molecule has 1 rings (SSSR count). The molecule has 2 N–H and O–H groups in total. The van der Waals surface area contributed by atoms with Gasteiger partial charge in [0.15, 0.2) is 4.34 Å². The van der Waals surface area contributed by atoms with Crippen molar-refractivity contribution in [1.29, 1.82) is 0 Å². The van der Waals surface area contributed by atoms with Crippen molar-refractivity contribution in [1.82, 2.24) is 10.2 Å². The maximum atomic E-state index is 5.54. The van der Waals surface area contributed by atoms with E-state index in [0.29, 0.717) is 0 Å². The Kier molecular flexibility index (Phi) is 3.11. The molecule has 0 saturated carbocycles. The van der Waals surface area contributed by atoms with E-state index in [0.717, 1.165) is 10.1 Å². The van der Waals surface area contributed by atoms with Gasteiger partial charge in [-0.3, -0.25) is 0 Å². The van der Waals surface area contributed by atoms with Crippen molar-refractivity contribution in [3.05, 3.63) is 5.51 Å². The van der Waals surface area contributed by atoms with Gasteiger partial charge in [0.05, 0.1) is 0 Å². The molecule has 0 fully saturated rings. The summed E-state index contributed by atoms with van der Waals surface area (Å²) in [6, 6.07) is 0.230. The highest BCUT2D eigenvalue weighted by molar-refractivity contribution is 8.01. The lowest BCUT2D eigenvalue weighted by Gasteiger charge is -1.99. The Morgan fingerprint density at radius 1 is 1.90 bits per heavy atom. The highest BCUT2D eigenvalue weighted by atomic mass is 32.2. The van der Waals surface area contributed by atoms with Gasteiger partial charge in [-0.1, -0.05) is 23.1 Å². The zero-order valence-electron chi connectivity index (χ0n) is 5.65. The summed E-state index contributed by atoms with van der Waals surface area (Å²) in [5.41, 5.74) is 7.27. The number of rotatable bonds is 3. The van der Waals surface area contributed by atoms with E-state index < -0.39 is 0 Å².